The number of nitro groups is 1. The molecule has 1 aliphatic rings. The Hall–Kier alpha value is -1.68. The molecule has 1 aliphatic heterocycles. The minimum atomic E-state index is -0.317. The van der Waals surface area contributed by atoms with Crippen LogP contribution >= 0.6 is 0 Å². The third-order valence-electron chi connectivity index (χ3n) is 2.79. The summed E-state index contributed by atoms with van der Waals surface area (Å²) in [7, 11) is 0. The lowest BCUT2D eigenvalue weighted by Crippen LogP contribution is -2.29. The molecule has 0 bridgehead atoms. The van der Waals surface area contributed by atoms with Crippen molar-refractivity contribution in [1.29, 1.82) is 0 Å². The van der Waals surface area contributed by atoms with Gasteiger partial charge in [0.25, 0.3) is 5.69 Å². The van der Waals surface area contributed by atoms with Crippen LogP contribution in [0.25, 0.3) is 5.57 Å². The highest BCUT2D eigenvalue weighted by atomic mass is 16.6. The lowest BCUT2D eigenvalue weighted by atomic mass is 9.95. The standard InChI is InChI=1S/C12H14N2O2/c1-9-8-10(6-7-13-9)11-4-2-3-5-12(11)14(15)16/h2-6,9,13H,7-8H2,1H3. The average Bonchev–Trinajstić information content (AvgIpc) is 2.29. The first-order chi connectivity index (χ1) is 7.68. The van der Waals surface area contributed by atoms with Gasteiger partial charge in [0.05, 0.1) is 10.5 Å². The Labute approximate surface area is 94.1 Å². The first-order valence-electron chi connectivity index (χ1n) is 5.34. The van der Waals surface area contributed by atoms with Crippen LogP contribution in [0.5, 0.6) is 0 Å². The van der Waals surface area contributed by atoms with Gasteiger partial charge < -0.3 is 5.32 Å². The Bertz CT molecular complexity index is 440. The van der Waals surface area contributed by atoms with Crippen molar-refractivity contribution >= 4 is 11.3 Å². The monoisotopic (exact) mass is 218 g/mol. The van der Waals surface area contributed by atoms with Crippen molar-refractivity contribution in [2.45, 2.75) is 19.4 Å². The molecule has 0 spiro atoms. The van der Waals surface area contributed by atoms with Crippen LogP contribution in [0.15, 0.2) is 30.3 Å². The van der Waals surface area contributed by atoms with Crippen molar-refractivity contribution < 1.29 is 4.92 Å². The molecule has 2 rings (SSSR count). The smallest absolute Gasteiger partial charge is 0.276 e. The summed E-state index contributed by atoms with van der Waals surface area (Å²) in [6, 6.07) is 7.30. The van der Waals surface area contributed by atoms with E-state index in [2.05, 4.69) is 12.2 Å². The minimum Gasteiger partial charge on any atom is -0.310 e. The van der Waals surface area contributed by atoms with Crippen LogP contribution in [0, 0.1) is 10.1 Å². The van der Waals surface area contributed by atoms with Crippen molar-refractivity contribution in [2.24, 2.45) is 0 Å². The van der Waals surface area contributed by atoms with Gasteiger partial charge in [-0.05, 0) is 25.0 Å². The van der Waals surface area contributed by atoms with Gasteiger partial charge in [-0.15, -0.1) is 0 Å². The number of para-hydroxylation sites is 1. The summed E-state index contributed by atoms with van der Waals surface area (Å²) < 4.78 is 0. The largest absolute Gasteiger partial charge is 0.310 e. The van der Waals surface area contributed by atoms with E-state index in [0.29, 0.717) is 6.04 Å². The van der Waals surface area contributed by atoms with E-state index < -0.39 is 0 Å². The first kappa shape index (κ1) is 10.8. The van der Waals surface area contributed by atoms with Crippen LogP contribution in [0.4, 0.5) is 5.69 Å². The lowest BCUT2D eigenvalue weighted by Gasteiger charge is -2.20. The van der Waals surface area contributed by atoms with Gasteiger partial charge in [-0.3, -0.25) is 10.1 Å². The fraction of sp³-hybridized carbons (Fsp3) is 0.333. The van der Waals surface area contributed by atoms with Gasteiger partial charge in [-0.1, -0.05) is 18.2 Å². The first-order valence-corrected chi connectivity index (χ1v) is 5.34. The Morgan fingerprint density at radius 3 is 2.88 bits per heavy atom. The van der Waals surface area contributed by atoms with E-state index in [1.54, 1.807) is 12.1 Å². The fourth-order valence-corrected chi connectivity index (χ4v) is 1.99. The third-order valence-corrected chi connectivity index (χ3v) is 2.79. The second kappa shape index (κ2) is 4.45. The van der Waals surface area contributed by atoms with Crippen LogP contribution in [0.3, 0.4) is 0 Å². The van der Waals surface area contributed by atoms with Crippen molar-refractivity contribution in [3.05, 3.63) is 46.0 Å². The summed E-state index contributed by atoms with van der Waals surface area (Å²) in [5.74, 6) is 0. The van der Waals surface area contributed by atoms with Crippen LogP contribution in [-0.2, 0) is 0 Å². The molecule has 4 nitrogen and oxygen atoms in total. The van der Waals surface area contributed by atoms with Crippen molar-refractivity contribution in [3.63, 3.8) is 0 Å². The maximum Gasteiger partial charge on any atom is 0.276 e. The Morgan fingerprint density at radius 2 is 2.19 bits per heavy atom. The average molecular weight is 218 g/mol. The molecule has 1 atom stereocenters. The number of nitrogens with one attached hydrogen (secondary N) is 1. The van der Waals surface area contributed by atoms with Gasteiger partial charge >= 0.3 is 0 Å². The highest BCUT2D eigenvalue weighted by Gasteiger charge is 2.19. The van der Waals surface area contributed by atoms with E-state index in [4.69, 9.17) is 0 Å². The molecule has 4 heteroatoms. The maximum absolute atomic E-state index is 10.9. The van der Waals surface area contributed by atoms with Crippen LogP contribution in [0.1, 0.15) is 18.9 Å². The zero-order valence-electron chi connectivity index (χ0n) is 9.14. The van der Waals surface area contributed by atoms with E-state index in [9.17, 15) is 10.1 Å². The molecule has 0 amide bonds. The predicted molar refractivity (Wildman–Crippen MR) is 63.2 cm³/mol. The molecular formula is C12H14N2O2. The van der Waals surface area contributed by atoms with Crippen molar-refractivity contribution in [2.75, 3.05) is 6.54 Å². The van der Waals surface area contributed by atoms with Gasteiger partial charge in [0.1, 0.15) is 0 Å². The Balaban J connectivity index is 2.40. The molecule has 1 aromatic carbocycles. The second-order valence-corrected chi connectivity index (χ2v) is 4.02. The Kier molecular flexibility index (Phi) is 3.01. The topological polar surface area (TPSA) is 55.2 Å². The fourth-order valence-electron chi connectivity index (χ4n) is 1.99. The minimum absolute atomic E-state index is 0.197. The number of hydrogen-bond donors (Lipinski definition) is 1. The summed E-state index contributed by atoms with van der Waals surface area (Å²) in [6.07, 6.45) is 2.87. The maximum atomic E-state index is 10.9. The second-order valence-electron chi connectivity index (χ2n) is 4.02. The number of hydrogen-bond acceptors (Lipinski definition) is 3. The molecule has 1 unspecified atom stereocenters. The molecule has 0 radical (unpaired) electrons. The molecule has 0 fully saturated rings. The van der Waals surface area contributed by atoms with Gasteiger partial charge in [-0.2, -0.15) is 0 Å². The van der Waals surface area contributed by atoms with Crippen LogP contribution < -0.4 is 5.32 Å². The van der Waals surface area contributed by atoms with Crippen molar-refractivity contribution in [1.82, 2.24) is 5.32 Å². The lowest BCUT2D eigenvalue weighted by molar-refractivity contribution is -0.385. The molecular weight excluding hydrogens is 204 g/mol. The zero-order valence-corrected chi connectivity index (χ0v) is 9.14. The van der Waals surface area contributed by atoms with Gasteiger partial charge in [0.2, 0.25) is 0 Å². The van der Waals surface area contributed by atoms with Gasteiger partial charge in [0.15, 0.2) is 0 Å². The molecule has 1 N–H and O–H groups in total. The summed E-state index contributed by atoms with van der Waals surface area (Å²) in [5, 5.41) is 14.2. The van der Waals surface area contributed by atoms with Crippen LogP contribution in [-0.4, -0.2) is 17.5 Å². The molecule has 1 aromatic rings. The summed E-state index contributed by atoms with van der Waals surface area (Å²) in [6.45, 7) is 2.87. The van der Waals surface area contributed by atoms with E-state index in [1.165, 1.54) is 0 Å². The Morgan fingerprint density at radius 1 is 1.44 bits per heavy atom. The summed E-state index contributed by atoms with van der Waals surface area (Å²) in [5.41, 5.74) is 2.02. The number of nitro benzene ring substituents is 1. The normalized spacial score (nSPS) is 20.3. The third kappa shape index (κ3) is 2.12. The molecule has 0 saturated heterocycles. The highest BCUT2D eigenvalue weighted by Crippen LogP contribution is 2.29. The van der Waals surface area contributed by atoms with Crippen molar-refractivity contribution in [3.8, 4) is 0 Å². The summed E-state index contributed by atoms with van der Waals surface area (Å²) in [4.78, 5) is 10.6. The van der Waals surface area contributed by atoms with Gasteiger partial charge in [-0.25, -0.2) is 0 Å². The zero-order chi connectivity index (χ0) is 11.5. The molecule has 0 aliphatic carbocycles. The number of benzene rings is 1. The molecule has 0 saturated carbocycles. The predicted octanol–water partition coefficient (Wildman–Crippen LogP) is 2.36. The number of nitrogens with zero attached hydrogens (tertiary/aromatic N) is 1. The summed E-state index contributed by atoms with van der Waals surface area (Å²) >= 11 is 0. The molecule has 16 heavy (non-hydrogen) atoms. The number of rotatable bonds is 2. The molecule has 84 valence electrons. The SMILES string of the molecule is CC1CC(c2ccccc2[N+](=O)[O-])=CCN1. The molecule has 1 heterocycles. The van der Waals surface area contributed by atoms with Crippen LogP contribution in [0.2, 0.25) is 0 Å². The van der Waals surface area contributed by atoms with Gasteiger partial charge in [0, 0.05) is 18.7 Å². The van der Waals surface area contributed by atoms with E-state index in [0.717, 1.165) is 24.1 Å². The van der Waals surface area contributed by atoms with E-state index in [-0.39, 0.29) is 10.6 Å². The molecule has 0 aromatic heterocycles. The van der Waals surface area contributed by atoms with E-state index >= 15 is 0 Å². The highest BCUT2D eigenvalue weighted by molar-refractivity contribution is 5.73. The van der Waals surface area contributed by atoms with E-state index in [1.807, 2.05) is 18.2 Å². The quantitative estimate of drug-likeness (QED) is 0.612.